The Hall–Kier alpha value is -4.96. The average Bonchev–Trinajstić information content (AvgIpc) is 3.14. The summed E-state index contributed by atoms with van der Waals surface area (Å²) in [5.41, 5.74) is -8.77. The number of hydrogen-bond acceptors (Lipinski definition) is 14. The summed E-state index contributed by atoms with van der Waals surface area (Å²) in [6.07, 6.45) is -9.78. The second-order valence-corrected chi connectivity index (χ2v) is 17.4. The van der Waals surface area contributed by atoms with Crippen LogP contribution in [0.5, 0.6) is 0 Å². The van der Waals surface area contributed by atoms with E-state index in [1.54, 1.807) is 69.3 Å². The van der Waals surface area contributed by atoms with Gasteiger partial charge in [-0.25, -0.2) is 14.4 Å². The van der Waals surface area contributed by atoms with Gasteiger partial charge < -0.3 is 44.3 Å². The summed E-state index contributed by atoms with van der Waals surface area (Å²) in [5.74, 6) is -6.80. The molecular weight excluding hydrogens is 754 g/mol. The molecule has 3 fully saturated rings. The van der Waals surface area contributed by atoms with Gasteiger partial charge in [0.1, 0.15) is 29.5 Å². The molecule has 4 aliphatic rings. The van der Waals surface area contributed by atoms with Gasteiger partial charge in [-0.05, 0) is 57.9 Å². The number of benzene rings is 2. The summed E-state index contributed by atoms with van der Waals surface area (Å²) in [5, 5.41) is 39.3. The smallest absolute Gasteiger partial charge is 0.408 e. The van der Waals surface area contributed by atoms with Gasteiger partial charge in [0.15, 0.2) is 11.7 Å². The lowest BCUT2D eigenvalue weighted by Gasteiger charge is -2.66. The van der Waals surface area contributed by atoms with E-state index in [-0.39, 0.29) is 29.7 Å². The normalized spacial score (nSPS) is 32.4. The number of Topliss-reactive ketones (excluding diaryl/α,β-unsaturated/α-hetero) is 2. The van der Waals surface area contributed by atoms with Crippen molar-refractivity contribution in [3.05, 3.63) is 82.9 Å². The van der Waals surface area contributed by atoms with E-state index in [4.69, 9.17) is 23.7 Å². The Kier molecular flexibility index (Phi) is 11.0. The molecule has 312 valence electrons. The standard InChI is InChI=1S/C43H51NO14/c1-22-26(55-37(51)32(48)30(24-15-11-9-12-16-24)44-38(52)58-39(3,4)5)20-43(53)35(56-36(50)25-17-13-10-14-18-25)33-41(8,34(49)31(47)29(22)40(43,6)7)27(46)19-28-42(33,21-54-28)57-23(2)45/h9-18,26-28,30,32-33,35,46,48,53H,19-21H2,1-8H3,(H,44,52)/t26-,27-,28-,30+,32+,33+,35-,41-,42+,43-/m1/s1. The van der Waals surface area contributed by atoms with Crippen LogP contribution < -0.4 is 5.32 Å². The minimum Gasteiger partial charge on any atom is -0.456 e. The topological polar surface area (TPSA) is 221 Å². The molecule has 2 aromatic rings. The van der Waals surface area contributed by atoms with Crippen LogP contribution in [0.15, 0.2) is 71.8 Å². The fraction of sp³-hybridized carbons (Fsp3) is 0.535. The van der Waals surface area contributed by atoms with E-state index in [1.807, 2.05) is 0 Å². The van der Waals surface area contributed by atoms with Crippen molar-refractivity contribution in [3.63, 3.8) is 0 Å². The zero-order valence-electron chi connectivity index (χ0n) is 33.8. The van der Waals surface area contributed by atoms with E-state index in [0.717, 1.165) is 6.92 Å². The number of ketones is 2. The van der Waals surface area contributed by atoms with Crippen LogP contribution in [0.25, 0.3) is 0 Å². The maximum Gasteiger partial charge on any atom is 0.408 e. The summed E-state index contributed by atoms with van der Waals surface area (Å²) in [6.45, 7) is 11.5. The Morgan fingerprint density at radius 1 is 0.948 bits per heavy atom. The summed E-state index contributed by atoms with van der Waals surface area (Å²) in [4.78, 5) is 83.5. The van der Waals surface area contributed by atoms with Gasteiger partial charge in [-0.3, -0.25) is 14.4 Å². The number of nitrogens with one attached hydrogen (secondary N) is 1. The van der Waals surface area contributed by atoms with E-state index in [9.17, 15) is 44.1 Å². The largest absolute Gasteiger partial charge is 0.456 e. The Morgan fingerprint density at radius 2 is 1.55 bits per heavy atom. The highest BCUT2D eigenvalue weighted by atomic mass is 16.6. The van der Waals surface area contributed by atoms with Gasteiger partial charge in [0.2, 0.25) is 11.6 Å². The van der Waals surface area contributed by atoms with E-state index in [2.05, 4.69) is 5.32 Å². The SMILES string of the molecule is CC(=O)O[C@@]12CO[C@@H]1C[C@@H](O)[C@@]1(C)C(=O)C(=O)C3=C(C)[C@H](OC(=O)[C@@H](O)[C@@H](NC(=O)OC(C)(C)C)c4ccccc4)C[C@@](O)([C@H](OC(=O)c4ccccc4)[C@H]21)C3(C)C. The Labute approximate surface area is 336 Å². The molecule has 58 heavy (non-hydrogen) atoms. The third-order valence-electron chi connectivity index (χ3n) is 12.4. The number of alkyl carbamates (subject to hydrolysis) is 1. The Bertz CT molecular complexity index is 2020. The lowest BCUT2D eigenvalue weighted by atomic mass is 9.45. The molecule has 2 bridgehead atoms. The van der Waals surface area contributed by atoms with E-state index < -0.39 is 112 Å². The number of esters is 3. The van der Waals surface area contributed by atoms with Gasteiger partial charge in [0.05, 0.1) is 35.6 Å². The molecule has 1 aliphatic heterocycles. The van der Waals surface area contributed by atoms with Gasteiger partial charge in [-0.1, -0.05) is 62.4 Å². The first-order valence-electron chi connectivity index (χ1n) is 19.2. The molecule has 3 aliphatic carbocycles. The number of aliphatic hydroxyl groups is 3. The van der Waals surface area contributed by atoms with Crippen molar-refractivity contribution in [2.75, 3.05) is 6.61 Å². The molecule has 0 aromatic heterocycles. The Balaban J connectivity index is 1.49. The molecule has 15 heteroatoms. The van der Waals surface area contributed by atoms with E-state index >= 15 is 0 Å². The van der Waals surface area contributed by atoms with Crippen LogP contribution >= 0.6 is 0 Å². The van der Waals surface area contributed by atoms with Crippen LogP contribution in [0.3, 0.4) is 0 Å². The van der Waals surface area contributed by atoms with E-state index in [1.165, 1.54) is 39.8 Å². The summed E-state index contributed by atoms with van der Waals surface area (Å²) < 4.78 is 29.4. The summed E-state index contributed by atoms with van der Waals surface area (Å²) >= 11 is 0. The molecule has 6 rings (SSSR count). The number of ether oxygens (including phenoxy) is 5. The highest BCUT2D eigenvalue weighted by Gasteiger charge is 2.78. The van der Waals surface area contributed by atoms with E-state index in [0.29, 0.717) is 5.56 Å². The molecule has 2 aromatic carbocycles. The number of carbonyl (C=O) groups excluding carboxylic acids is 6. The van der Waals surface area contributed by atoms with Crippen molar-refractivity contribution in [2.45, 2.75) is 122 Å². The molecule has 15 nitrogen and oxygen atoms in total. The lowest BCUT2D eigenvalue weighted by molar-refractivity contribution is -0.343. The molecule has 0 spiro atoms. The maximum absolute atomic E-state index is 14.8. The molecule has 0 radical (unpaired) electrons. The molecule has 1 saturated heterocycles. The average molecular weight is 806 g/mol. The van der Waals surface area contributed by atoms with Gasteiger partial charge in [-0.2, -0.15) is 0 Å². The second-order valence-electron chi connectivity index (χ2n) is 17.4. The maximum atomic E-state index is 14.8. The minimum atomic E-state index is -2.41. The summed E-state index contributed by atoms with van der Waals surface area (Å²) in [7, 11) is 0. The van der Waals surface area contributed by atoms with Gasteiger partial charge in [0.25, 0.3) is 0 Å². The molecule has 2 saturated carbocycles. The van der Waals surface area contributed by atoms with Crippen molar-refractivity contribution < 1.29 is 67.8 Å². The molecule has 1 amide bonds. The van der Waals surface area contributed by atoms with Crippen LogP contribution in [0.2, 0.25) is 0 Å². The first kappa shape index (κ1) is 42.6. The highest BCUT2D eigenvalue weighted by Crippen LogP contribution is 2.63. The van der Waals surface area contributed by atoms with Crippen molar-refractivity contribution in [1.82, 2.24) is 5.32 Å². The zero-order valence-corrected chi connectivity index (χ0v) is 33.8. The first-order chi connectivity index (χ1) is 27.0. The lowest BCUT2D eigenvalue weighted by Crippen LogP contribution is -2.81. The van der Waals surface area contributed by atoms with Crippen LogP contribution in [0.4, 0.5) is 4.79 Å². The van der Waals surface area contributed by atoms with Crippen molar-refractivity contribution in [1.29, 1.82) is 0 Å². The second kappa shape index (κ2) is 15.0. The van der Waals surface area contributed by atoms with Gasteiger partial charge in [0, 0.05) is 30.8 Å². The fourth-order valence-corrected chi connectivity index (χ4v) is 9.34. The van der Waals surface area contributed by atoms with Crippen molar-refractivity contribution in [2.24, 2.45) is 16.7 Å². The van der Waals surface area contributed by atoms with Gasteiger partial charge >= 0.3 is 24.0 Å². The fourth-order valence-electron chi connectivity index (χ4n) is 9.34. The number of hydrogen-bond donors (Lipinski definition) is 4. The number of fused-ring (bicyclic) bond motifs is 5. The Morgan fingerprint density at radius 3 is 2.10 bits per heavy atom. The third kappa shape index (κ3) is 7.01. The van der Waals surface area contributed by atoms with Crippen LogP contribution in [-0.2, 0) is 42.9 Å². The van der Waals surface area contributed by atoms with Crippen molar-refractivity contribution >= 4 is 35.6 Å². The molecule has 1 heterocycles. The van der Waals surface area contributed by atoms with Crippen LogP contribution in [0.1, 0.15) is 90.2 Å². The third-order valence-corrected chi connectivity index (χ3v) is 12.4. The highest BCUT2D eigenvalue weighted by molar-refractivity contribution is 6.46. The number of rotatable bonds is 8. The molecule has 4 N–H and O–H groups in total. The van der Waals surface area contributed by atoms with Crippen LogP contribution in [-0.4, -0.2) is 105 Å². The predicted molar refractivity (Wildman–Crippen MR) is 203 cm³/mol. The van der Waals surface area contributed by atoms with Crippen LogP contribution in [0, 0.1) is 16.7 Å². The predicted octanol–water partition coefficient (Wildman–Crippen LogP) is 3.47. The quantitative estimate of drug-likeness (QED) is 0.171. The molecular formula is C43H51NO14. The van der Waals surface area contributed by atoms with Crippen molar-refractivity contribution in [3.8, 4) is 0 Å². The molecule has 10 atom stereocenters. The summed E-state index contributed by atoms with van der Waals surface area (Å²) in [6, 6.07) is 14.5. The minimum absolute atomic E-state index is 0.0602. The number of aliphatic hydroxyl groups excluding tert-OH is 2. The first-order valence-corrected chi connectivity index (χ1v) is 19.2. The van der Waals surface area contributed by atoms with Gasteiger partial charge in [-0.15, -0.1) is 0 Å². The number of carbonyl (C=O) groups is 6. The monoisotopic (exact) mass is 805 g/mol. The molecule has 0 unspecified atom stereocenters. The number of amides is 1. The zero-order chi connectivity index (χ0) is 42.7.